The molecule has 1 aliphatic rings. The number of piperidine rings is 1. The molecule has 1 heterocycles. The second-order valence-corrected chi connectivity index (χ2v) is 7.48. The largest absolute Gasteiger partial charge is 0.334 e. The van der Waals surface area contributed by atoms with Crippen LogP contribution in [0.4, 0.5) is 10.5 Å². The molecule has 1 saturated heterocycles. The number of rotatable bonds is 3. The minimum atomic E-state index is -3.21. The van der Waals surface area contributed by atoms with Crippen LogP contribution in [0.3, 0.4) is 0 Å². The highest BCUT2D eigenvalue weighted by Crippen LogP contribution is 2.15. The Morgan fingerprint density at radius 2 is 2.00 bits per heavy atom. The van der Waals surface area contributed by atoms with Crippen molar-refractivity contribution < 1.29 is 13.2 Å². The maximum absolute atomic E-state index is 11.9. The van der Waals surface area contributed by atoms with Crippen LogP contribution in [0.2, 0.25) is 5.02 Å². The minimum absolute atomic E-state index is 0.180. The average Bonchev–Trinajstić information content (AvgIpc) is 2.41. The highest BCUT2D eigenvalue weighted by molar-refractivity contribution is 7.88. The fourth-order valence-electron chi connectivity index (χ4n) is 2.25. The summed E-state index contributed by atoms with van der Waals surface area (Å²) in [6, 6.07) is 6.24. The molecule has 21 heavy (non-hydrogen) atoms. The highest BCUT2D eigenvalue weighted by atomic mass is 35.5. The zero-order chi connectivity index (χ0) is 15.5. The second kappa shape index (κ2) is 6.64. The first-order chi connectivity index (χ1) is 9.84. The first-order valence-electron chi connectivity index (χ1n) is 6.63. The van der Waals surface area contributed by atoms with E-state index in [-0.39, 0.29) is 12.1 Å². The van der Waals surface area contributed by atoms with E-state index in [1.54, 1.807) is 24.3 Å². The molecule has 116 valence electrons. The summed E-state index contributed by atoms with van der Waals surface area (Å²) in [4.78, 5) is 11.9. The Kier molecular flexibility index (Phi) is 5.08. The summed E-state index contributed by atoms with van der Waals surface area (Å²) >= 11 is 5.77. The molecule has 0 aromatic heterocycles. The summed E-state index contributed by atoms with van der Waals surface area (Å²) in [5.74, 6) is 0. The van der Waals surface area contributed by atoms with E-state index in [2.05, 4.69) is 10.6 Å². The van der Waals surface area contributed by atoms with E-state index in [4.69, 9.17) is 11.6 Å². The summed E-state index contributed by atoms with van der Waals surface area (Å²) in [5.41, 5.74) is 0.632. The molecule has 1 aromatic rings. The van der Waals surface area contributed by atoms with Crippen LogP contribution in [-0.2, 0) is 10.0 Å². The quantitative estimate of drug-likeness (QED) is 0.887. The number of urea groups is 1. The highest BCUT2D eigenvalue weighted by Gasteiger charge is 2.26. The van der Waals surface area contributed by atoms with Crippen LogP contribution in [-0.4, -0.2) is 44.1 Å². The molecule has 1 unspecified atom stereocenters. The maximum Gasteiger partial charge on any atom is 0.319 e. The van der Waals surface area contributed by atoms with Crippen LogP contribution in [0, 0.1) is 0 Å². The van der Waals surface area contributed by atoms with Gasteiger partial charge in [0.25, 0.3) is 0 Å². The van der Waals surface area contributed by atoms with Gasteiger partial charge in [0.15, 0.2) is 0 Å². The van der Waals surface area contributed by atoms with E-state index in [0.717, 1.165) is 12.8 Å². The van der Waals surface area contributed by atoms with Crippen molar-refractivity contribution in [2.45, 2.75) is 18.9 Å². The fourth-order valence-corrected chi connectivity index (χ4v) is 3.28. The Balaban J connectivity index is 1.89. The Morgan fingerprint density at radius 1 is 1.33 bits per heavy atom. The number of nitrogens with zero attached hydrogens (tertiary/aromatic N) is 1. The van der Waals surface area contributed by atoms with Gasteiger partial charge < -0.3 is 10.6 Å². The molecule has 1 aromatic carbocycles. The van der Waals surface area contributed by atoms with Gasteiger partial charge in [0, 0.05) is 29.8 Å². The molecule has 1 aliphatic heterocycles. The molecular formula is C13H18ClN3O3S. The molecule has 8 heteroatoms. The fraction of sp³-hybridized carbons (Fsp3) is 0.462. The number of halogens is 1. The van der Waals surface area contributed by atoms with Crippen molar-refractivity contribution in [3.8, 4) is 0 Å². The zero-order valence-corrected chi connectivity index (χ0v) is 13.2. The van der Waals surface area contributed by atoms with E-state index < -0.39 is 10.0 Å². The molecule has 0 saturated carbocycles. The Morgan fingerprint density at radius 3 is 2.62 bits per heavy atom. The van der Waals surface area contributed by atoms with Crippen LogP contribution in [0.25, 0.3) is 0 Å². The normalized spacial score (nSPS) is 20.0. The van der Waals surface area contributed by atoms with E-state index in [1.165, 1.54) is 10.6 Å². The molecule has 2 amide bonds. The number of sulfonamides is 1. The van der Waals surface area contributed by atoms with Gasteiger partial charge in [-0.2, -0.15) is 0 Å². The molecule has 2 N–H and O–H groups in total. The van der Waals surface area contributed by atoms with Crippen LogP contribution >= 0.6 is 11.6 Å². The lowest BCUT2D eigenvalue weighted by Gasteiger charge is -2.31. The first-order valence-corrected chi connectivity index (χ1v) is 8.85. The van der Waals surface area contributed by atoms with Crippen LogP contribution in [0.5, 0.6) is 0 Å². The summed E-state index contributed by atoms with van der Waals surface area (Å²) in [6.45, 7) is 0.822. The van der Waals surface area contributed by atoms with Gasteiger partial charge in [-0.1, -0.05) is 11.6 Å². The molecule has 1 fully saturated rings. The third-order valence-corrected chi connectivity index (χ3v) is 4.81. The monoisotopic (exact) mass is 331 g/mol. The van der Waals surface area contributed by atoms with Crippen molar-refractivity contribution in [2.24, 2.45) is 0 Å². The van der Waals surface area contributed by atoms with Crippen LogP contribution < -0.4 is 10.6 Å². The topological polar surface area (TPSA) is 78.5 Å². The van der Waals surface area contributed by atoms with Gasteiger partial charge >= 0.3 is 6.03 Å². The summed E-state index contributed by atoms with van der Waals surface area (Å²) in [5, 5.41) is 6.08. The average molecular weight is 332 g/mol. The third kappa shape index (κ3) is 4.87. The van der Waals surface area contributed by atoms with Crippen molar-refractivity contribution in [3.63, 3.8) is 0 Å². The summed E-state index contributed by atoms with van der Waals surface area (Å²) in [7, 11) is -3.21. The lowest BCUT2D eigenvalue weighted by atomic mass is 10.1. The van der Waals surface area contributed by atoms with Gasteiger partial charge in [0.05, 0.1) is 6.26 Å². The second-order valence-electron chi connectivity index (χ2n) is 5.07. The van der Waals surface area contributed by atoms with E-state index in [9.17, 15) is 13.2 Å². The molecule has 6 nitrogen and oxygen atoms in total. The molecule has 0 bridgehead atoms. The number of benzene rings is 1. The van der Waals surface area contributed by atoms with Crippen LogP contribution in [0.1, 0.15) is 12.8 Å². The first kappa shape index (κ1) is 16.1. The summed E-state index contributed by atoms with van der Waals surface area (Å²) in [6.07, 6.45) is 2.68. The Hall–Kier alpha value is -1.31. The molecule has 0 spiro atoms. The molecular weight excluding hydrogens is 314 g/mol. The van der Waals surface area contributed by atoms with Gasteiger partial charge in [0.2, 0.25) is 10.0 Å². The van der Waals surface area contributed by atoms with Gasteiger partial charge in [-0.25, -0.2) is 17.5 Å². The van der Waals surface area contributed by atoms with Crippen molar-refractivity contribution in [1.29, 1.82) is 0 Å². The van der Waals surface area contributed by atoms with Crippen molar-refractivity contribution in [2.75, 3.05) is 24.7 Å². The number of nitrogens with one attached hydrogen (secondary N) is 2. The van der Waals surface area contributed by atoms with E-state index >= 15 is 0 Å². The molecule has 0 aliphatic carbocycles. The van der Waals surface area contributed by atoms with Crippen molar-refractivity contribution >= 4 is 33.3 Å². The summed E-state index contributed by atoms with van der Waals surface area (Å²) < 4.78 is 24.4. The third-order valence-electron chi connectivity index (χ3n) is 3.29. The van der Waals surface area contributed by atoms with Gasteiger partial charge in [-0.15, -0.1) is 0 Å². The molecule has 1 atom stereocenters. The number of amides is 2. The number of carbonyl (C=O) groups is 1. The lowest BCUT2D eigenvalue weighted by molar-refractivity contribution is 0.236. The standard InChI is InChI=1S/C13H18ClN3O3S/c1-21(19,20)17-8-2-3-12(9-17)16-13(18)15-11-6-4-10(14)5-7-11/h4-7,12H,2-3,8-9H2,1H3,(H2,15,16,18). The number of carbonyl (C=O) groups excluding carboxylic acids is 1. The van der Waals surface area contributed by atoms with Gasteiger partial charge in [0.1, 0.15) is 0 Å². The predicted octanol–water partition coefficient (Wildman–Crippen LogP) is 1.89. The number of anilines is 1. The smallest absolute Gasteiger partial charge is 0.319 e. The SMILES string of the molecule is CS(=O)(=O)N1CCCC(NC(=O)Nc2ccc(Cl)cc2)C1. The van der Waals surface area contributed by atoms with E-state index in [0.29, 0.717) is 23.8 Å². The van der Waals surface area contributed by atoms with Crippen molar-refractivity contribution in [1.82, 2.24) is 9.62 Å². The Labute approximate surface area is 129 Å². The van der Waals surface area contributed by atoms with Gasteiger partial charge in [-0.3, -0.25) is 0 Å². The number of hydrogen-bond donors (Lipinski definition) is 2. The zero-order valence-electron chi connectivity index (χ0n) is 11.7. The lowest BCUT2D eigenvalue weighted by Crippen LogP contribution is -2.50. The van der Waals surface area contributed by atoms with Crippen molar-refractivity contribution in [3.05, 3.63) is 29.3 Å². The van der Waals surface area contributed by atoms with Crippen LogP contribution in [0.15, 0.2) is 24.3 Å². The Bertz CT molecular complexity index is 604. The molecule has 2 rings (SSSR count). The minimum Gasteiger partial charge on any atom is -0.334 e. The predicted molar refractivity (Wildman–Crippen MR) is 83.0 cm³/mol. The van der Waals surface area contributed by atoms with Gasteiger partial charge in [-0.05, 0) is 37.1 Å². The van der Waals surface area contributed by atoms with E-state index in [1.807, 2.05) is 0 Å². The maximum atomic E-state index is 11.9. The molecule has 0 radical (unpaired) electrons. The number of hydrogen-bond acceptors (Lipinski definition) is 3.